The lowest BCUT2D eigenvalue weighted by molar-refractivity contribution is 0.171. The average molecular weight is 361 g/mol. The topological polar surface area (TPSA) is 55.3 Å². The van der Waals surface area contributed by atoms with E-state index in [-0.39, 0.29) is 5.41 Å². The van der Waals surface area contributed by atoms with Gasteiger partial charge in [0.2, 0.25) is 0 Å². The second-order valence-corrected chi connectivity index (χ2v) is 7.75. The number of benzene rings is 1. The zero-order valence-electron chi connectivity index (χ0n) is 16.4. The highest BCUT2D eigenvalue weighted by atomic mass is 16.6. The van der Waals surface area contributed by atoms with Crippen LogP contribution >= 0.6 is 0 Å². The van der Waals surface area contributed by atoms with Crippen LogP contribution in [0.3, 0.4) is 0 Å². The Kier molecular flexibility index (Phi) is 5.91. The maximum Gasteiger partial charge on any atom is 0.193 e. The van der Waals surface area contributed by atoms with Gasteiger partial charge in [0.15, 0.2) is 17.5 Å². The van der Waals surface area contributed by atoms with Gasteiger partial charge in [-0.1, -0.05) is 19.9 Å². The van der Waals surface area contributed by atoms with Crippen molar-refractivity contribution < 1.29 is 14.2 Å². The molecule has 2 aliphatic rings. The Hall–Kier alpha value is -1.95. The van der Waals surface area contributed by atoms with Crippen molar-refractivity contribution in [3.05, 3.63) is 23.8 Å². The van der Waals surface area contributed by atoms with E-state index in [4.69, 9.17) is 14.2 Å². The Morgan fingerprint density at radius 2 is 2.00 bits per heavy atom. The molecule has 26 heavy (non-hydrogen) atoms. The smallest absolute Gasteiger partial charge is 0.193 e. The fourth-order valence-corrected chi connectivity index (χ4v) is 3.45. The Bertz CT molecular complexity index is 639. The molecule has 3 rings (SSSR count). The van der Waals surface area contributed by atoms with Crippen molar-refractivity contribution in [1.29, 1.82) is 0 Å². The maximum atomic E-state index is 5.73. The summed E-state index contributed by atoms with van der Waals surface area (Å²) in [6.45, 7) is 9.15. The molecule has 0 aliphatic carbocycles. The lowest BCUT2D eigenvalue weighted by Gasteiger charge is -2.31. The summed E-state index contributed by atoms with van der Waals surface area (Å²) in [6, 6.07) is 6.22. The van der Waals surface area contributed by atoms with Crippen molar-refractivity contribution in [2.45, 2.75) is 25.7 Å². The Labute approximate surface area is 156 Å². The van der Waals surface area contributed by atoms with Gasteiger partial charge >= 0.3 is 0 Å². The van der Waals surface area contributed by atoms with E-state index in [2.05, 4.69) is 48.2 Å². The molecule has 0 spiro atoms. The van der Waals surface area contributed by atoms with Crippen LogP contribution in [0.5, 0.6) is 11.5 Å². The van der Waals surface area contributed by atoms with Crippen LogP contribution < -0.4 is 14.8 Å². The molecule has 1 saturated heterocycles. The first-order valence-electron chi connectivity index (χ1n) is 9.39. The zero-order chi connectivity index (χ0) is 18.6. The molecule has 2 heterocycles. The van der Waals surface area contributed by atoms with Crippen molar-refractivity contribution >= 4 is 5.96 Å². The van der Waals surface area contributed by atoms with Gasteiger partial charge < -0.3 is 24.4 Å². The molecule has 1 aromatic rings. The number of hydrogen-bond acceptors (Lipinski definition) is 4. The third-order valence-corrected chi connectivity index (χ3v) is 5.14. The van der Waals surface area contributed by atoms with Gasteiger partial charge in [-0.05, 0) is 24.1 Å². The molecule has 2 aliphatic heterocycles. The van der Waals surface area contributed by atoms with E-state index >= 15 is 0 Å². The van der Waals surface area contributed by atoms with Crippen molar-refractivity contribution in [1.82, 2.24) is 10.2 Å². The van der Waals surface area contributed by atoms with Gasteiger partial charge in [-0.2, -0.15) is 0 Å². The van der Waals surface area contributed by atoms with Crippen LogP contribution in [0.1, 0.15) is 25.8 Å². The van der Waals surface area contributed by atoms with Gasteiger partial charge in [0.25, 0.3) is 0 Å². The molecular formula is C20H31N3O3. The summed E-state index contributed by atoms with van der Waals surface area (Å²) in [6.07, 6.45) is 1.13. The SMILES string of the molecule is CN=C(NCC(C)(C)c1ccc2c(c1)OCCO2)N(C)CC1CCOC1. The summed E-state index contributed by atoms with van der Waals surface area (Å²) >= 11 is 0. The second kappa shape index (κ2) is 8.16. The molecule has 0 amide bonds. The predicted octanol–water partition coefficient (Wildman–Crippen LogP) is 2.28. The summed E-state index contributed by atoms with van der Waals surface area (Å²) in [4.78, 5) is 6.64. The van der Waals surface area contributed by atoms with Crippen molar-refractivity contribution in [2.24, 2.45) is 10.9 Å². The average Bonchev–Trinajstić information content (AvgIpc) is 3.14. The molecule has 6 nitrogen and oxygen atoms in total. The normalized spacial score (nSPS) is 20.2. The molecule has 0 radical (unpaired) electrons. The Morgan fingerprint density at radius 1 is 1.23 bits per heavy atom. The van der Waals surface area contributed by atoms with Gasteiger partial charge in [-0.15, -0.1) is 0 Å². The number of nitrogens with one attached hydrogen (secondary N) is 1. The standard InChI is InChI=1S/C20H31N3O3/c1-20(2,16-5-6-17-18(11-16)26-10-9-25-17)14-22-19(21-3)23(4)12-15-7-8-24-13-15/h5-6,11,15H,7-10,12-14H2,1-4H3,(H,21,22). The van der Waals surface area contributed by atoms with Crippen LogP contribution in [0.15, 0.2) is 23.2 Å². The van der Waals surface area contributed by atoms with E-state index in [0.29, 0.717) is 19.1 Å². The molecule has 1 unspecified atom stereocenters. The first kappa shape index (κ1) is 18.8. The summed E-state index contributed by atoms with van der Waals surface area (Å²) in [7, 11) is 3.92. The number of guanidine groups is 1. The molecular weight excluding hydrogens is 330 g/mol. The van der Waals surface area contributed by atoms with E-state index in [1.54, 1.807) is 0 Å². The van der Waals surface area contributed by atoms with Gasteiger partial charge in [-0.25, -0.2) is 0 Å². The Balaban J connectivity index is 1.61. The number of fused-ring (bicyclic) bond motifs is 1. The lowest BCUT2D eigenvalue weighted by Crippen LogP contribution is -2.45. The molecule has 1 fully saturated rings. The molecule has 1 atom stereocenters. The summed E-state index contributed by atoms with van der Waals surface area (Å²) < 4.78 is 16.8. The highest BCUT2D eigenvalue weighted by Gasteiger charge is 2.25. The minimum atomic E-state index is -0.0664. The van der Waals surface area contributed by atoms with E-state index in [9.17, 15) is 0 Å². The fraction of sp³-hybridized carbons (Fsp3) is 0.650. The van der Waals surface area contributed by atoms with Crippen molar-refractivity contribution in [3.8, 4) is 11.5 Å². The monoisotopic (exact) mass is 361 g/mol. The largest absolute Gasteiger partial charge is 0.486 e. The van der Waals surface area contributed by atoms with Gasteiger partial charge in [-0.3, -0.25) is 4.99 Å². The molecule has 0 bridgehead atoms. The third-order valence-electron chi connectivity index (χ3n) is 5.14. The second-order valence-electron chi connectivity index (χ2n) is 7.75. The van der Waals surface area contributed by atoms with Crippen molar-refractivity contribution in [3.63, 3.8) is 0 Å². The van der Waals surface area contributed by atoms with Crippen LogP contribution in [-0.2, 0) is 10.2 Å². The van der Waals surface area contributed by atoms with Crippen LogP contribution in [-0.4, -0.2) is 64.5 Å². The molecule has 144 valence electrons. The molecule has 1 N–H and O–H groups in total. The van der Waals surface area contributed by atoms with Crippen LogP contribution in [0.2, 0.25) is 0 Å². The minimum absolute atomic E-state index is 0.0664. The summed E-state index contributed by atoms with van der Waals surface area (Å²) in [5, 5.41) is 3.53. The Morgan fingerprint density at radius 3 is 2.69 bits per heavy atom. The maximum absolute atomic E-state index is 5.73. The predicted molar refractivity (Wildman–Crippen MR) is 103 cm³/mol. The number of aliphatic imine (C=N–C) groups is 1. The third kappa shape index (κ3) is 4.41. The summed E-state index contributed by atoms with van der Waals surface area (Å²) in [5.74, 6) is 3.18. The molecule has 0 saturated carbocycles. The number of hydrogen-bond donors (Lipinski definition) is 1. The highest BCUT2D eigenvalue weighted by Crippen LogP contribution is 2.34. The molecule has 0 aromatic heterocycles. The highest BCUT2D eigenvalue weighted by molar-refractivity contribution is 5.79. The number of nitrogens with zero attached hydrogens (tertiary/aromatic N) is 2. The number of ether oxygens (including phenoxy) is 3. The number of rotatable bonds is 5. The van der Waals surface area contributed by atoms with Crippen LogP contribution in [0.25, 0.3) is 0 Å². The fourth-order valence-electron chi connectivity index (χ4n) is 3.45. The van der Waals surface area contributed by atoms with Gasteiger partial charge in [0.05, 0.1) is 6.61 Å². The van der Waals surface area contributed by atoms with E-state index in [1.807, 2.05) is 13.1 Å². The minimum Gasteiger partial charge on any atom is -0.486 e. The van der Waals surface area contributed by atoms with Crippen LogP contribution in [0.4, 0.5) is 0 Å². The van der Waals surface area contributed by atoms with E-state index in [0.717, 1.165) is 50.2 Å². The first-order chi connectivity index (χ1) is 12.5. The van der Waals surface area contributed by atoms with Gasteiger partial charge in [0, 0.05) is 45.1 Å². The van der Waals surface area contributed by atoms with E-state index in [1.165, 1.54) is 5.56 Å². The summed E-state index contributed by atoms with van der Waals surface area (Å²) in [5.41, 5.74) is 1.15. The molecule has 1 aromatic carbocycles. The quantitative estimate of drug-likeness (QED) is 0.644. The first-order valence-corrected chi connectivity index (χ1v) is 9.39. The van der Waals surface area contributed by atoms with Crippen LogP contribution in [0, 0.1) is 5.92 Å². The van der Waals surface area contributed by atoms with E-state index < -0.39 is 0 Å². The lowest BCUT2D eigenvalue weighted by atomic mass is 9.84. The molecule has 6 heteroatoms. The van der Waals surface area contributed by atoms with Gasteiger partial charge in [0.1, 0.15) is 13.2 Å². The van der Waals surface area contributed by atoms with Crippen molar-refractivity contribution in [2.75, 3.05) is 53.6 Å². The zero-order valence-corrected chi connectivity index (χ0v) is 16.4.